The smallest absolute Gasteiger partial charge is 0.124 e. The number of aliphatic hydroxyl groups is 1. The second-order valence-corrected chi connectivity index (χ2v) is 6.57. The molecule has 106 valence electrons. The maximum Gasteiger partial charge on any atom is 0.124 e. The van der Waals surface area contributed by atoms with E-state index in [1.165, 1.54) is 0 Å². The van der Waals surface area contributed by atoms with Crippen molar-refractivity contribution in [3.8, 4) is 5.69 Å². The molecule has 0 bridgehead atoms. The summed E-state index contributed by atoms with van der Waals surface area (Å²) < 4.78 is 3.57. The van der Waals surface area contributed by atoms with Crippen molar-refractivity contribution in [2.24, 2.45) is 0 Å². The van der Waals surface area contributed by atoms with E-state index in [1.54, 1.807) is 10.9 Å². The maximum atomic E-state index is 10.7. The van der Waals surface area contributed by atoms with Crippen LogP contribution < -0.4 is 0 Å². The number of nitrogens with zero attached hydrogens (tertiary/aromatic N) is 3. The fourth-order valence-electron chi connectivity index (χ4n) is 2.08. The Morgan fingerprint density at radius 2 is 1.90 bits per heavy atom. The predicted molar refractivity (Wildman–Crippen MR) is 92.3 cm³/mol. The minimum Gasteiger partial charge on any atom is -0.382 e. The molecule has 0 fully saturated rings. The van der Waals surface area contributed by atoms with Crippen molar-refractivity contribution in [1.29, 1.82) is 0 Å². The zero-order chi connectivity index (χ0) is 14.8. The Kier molecular flexibility index (Phi) is 4.37. The molecule has 0 saturated carbocycles. The number of hydrogen-bond donors (Lipinski definition) is 1. The zero-order valence-corrected chi connectivity index (χ0v) is 14.6. The Balaban J connectivity index is 2.06. The highest BCUT2D eigenvalue weighted by molar-refractivity contribution is 14.1. The van der Waals surface area contributed by atoms with Gasteiger partial charge in [0.1, 0.15) is 6.10 Å². The van der Waals surface area contributed by atoms with Crippen LogP contribution in [0.1, 0.15) is 17.4 Å². The van der Waals surface area contributed by atoms with Gasteiger partial charge in [0.25, 0.3) is 0 Å². The summed E-state index contributed by atoms with van der Waals surface area (Å²) in [5, 5.41) is 18.7. The van der Waals surface area contributed by atoms with Gasteiger partial charge in [0, 0.05) is 13.6 Å². The second kappa shape index (κ2) is 6.25. The van der Waals surface area contributed by atoms with Crippen LogP contribution in [0, 0.1) is 3.57 Å². The van der Waals surface area contributed by atoms with Crippen LogP contribution in [0.2, 0.25) is 0 Å². The first-order valence-electron chi connectivity index (χ1n) is 6.26. The molecule has 3 aromatic rings. The zero-order valence-electron chi connectivity index (χ0n) is 10.8. The van der Waals surface area contributed by atoms with Gasteiger partial charge < -0.3 is 5.11 Å². The van der Waals surface area contributed by atoms with Gasteiger partial charge in [-0.15, -0.1) is 5.10 Å². The topological polar surface area (TPSA) is 50.9 Å². The Hall–Kier alpha value is -1.25. The first-order valence-corrected chi connectivity index (χ1v) is 8.13. The number of hydrogen-bond acceptors (Lipinski definition) is 3. The summed E-state index contributed by atoms with van der Waals surface area (Å²) in [6, 6.07) is 15.5. The highest BCUT2D eigenvalue weighted by atomic mass is 127. The van der Waals surface area contributed by atoms with Crippen LogP contribution in [-0.4, -0.2) is 20.1 Å². The number of benzene rings is 2. The third-order valence-electron chi connectivity index (χ3n) is 3.11. The molecule has 0 saturated heterocycles. The number of para-hydroxylation sites is 1. The van der Waals surface area contributed by atoms with Gasteiger partial charge in [-0.1, -0.05) is 39.3 Å². The molecule has 1 unspecified atom stereocenters. The molecule has 1 heterocycles. The Morgan fingerprint density at radius 3 is 2.67 bits per heavy atom. The average molecular weight is 456 g/mol. The number of halogens is 2. The van der Waals surface area contributed by atoms with Crippen LogP contribution >= 0.6 is 38.5 Å². The van der Waals surface area contributed by atoms with Crippen molar-refractivity contribution in [2.75, 3.05) is 0 Å². The second-order valence-electron chi connectivity index (χ2n) is 4.47. The van der Waals surface area contributed by atoms with Gasteiger partial charge in [0.05, 0.1) is 17.6 Å². The van der Waals surface area contributed by atoms with Crippen LogP contribution in [0.15, 0.2) is 59.2 Å². The number of aliphatic hydroxyl groups excluding tert-OH is 1. The predicted octanol–water partition coefficient (Wildman–Crippen LogP) is 3.72. The summed E-state index contributed by atoms with van der Waals surface area (Å²) in [5.74, 6) is 0. The van der Waals surface area contributed by atoms with E-state index >= 15 is 0 Å². The van der Waals surface area contributed by atoms with E-state index in [-0.39, 0.29) is 0 Å². The summed E-state index contributed by atoms with van der Waals surface area (Å²) in [7, 11) is 0. The van der Waals surface area contributed by atoms with Gasteiger partial charge in [-0.2, -0.15) is 0 Å². The van der Waals surface area contributed by atoms with Crippen LogP contribution in [-0.2, 0) is 0 Å². The van der Waals surface area contributed by atoms with Crippen molar-refractivity contribution >= 4 is 38.5 Å². The van der Waals surface area contributed by atoms with E-state index in [1.807, 2.05) is 48.5 Å². The number of aromatic nitrogens is 3. The first kappa shape index (κ1) is 14.7. The minimum absolute atomic E-state index is 0.629. The molecule has 2 aromatic carbocycles. The molecule has 0 radical (unpaired) electrons. The van der Waals surface area contributed by atoms with Gasteiger partial charge in [0.15, 0.2) is 0 Å². The summed E-state index contributed by atoms with van der Waals surface area (Å²) >= 11 is 5.71. The highest BCUT2D eigenvalue weighted by Gasteiger charge is 2.19. The third kappa shape index (κ3) is 3.02. The molecule has 0 amide bonds. The Labute approximate surface area is 144 Å². The fourth-order valence-corrected chi connectivity index (χ4v) is 3.06. The quantitative estimate of drug-likeness (QED) is 0.612. The van der Waals surface area contributed by atoms with Crippen molar-refractivity contribution in [3.05, 3.63) is 74.0 Å². The SMILES string of the molecule is OC(c1cc(I)ccc1Br)c1cnnn1-c1ccccc1. The van der Waals surface area contributed by atoms with Gasteiger partial charge in [0.2, 0.25) is 0 Å². The van der Waals surface area contributed by atoms with E-state index in [0.29, 0.717) is 5.69 Å². The molecule has 4 nitrogen and oxygen atoms in total. The van der Waals surface area contributed by atoms with E-state index in [0.717, 1.165) is 19.3 Å². The molecule has 0 aliphatic carbocycles. The normalized spacial score (nSPS) is 12.3. The third-order valence-corrected chi connectivity index (χ3v) is 4.50. The van der Waals surface area contributed by atoms with Crippen LogP contribution in [0.5, 0.6) is 0 Å². The summed E-state index contributed by atoms with van der Waals surface area (Å²) in [5.41, 5.74) is 2.29. The van der Waals surface area contributed by atoms with E-state index in [9.17, 15) is 5.11 Å². The molecular formula is C15H11BrIN3O. The van der Waals surface area contributed by atoms with Crippen LogP contribution in [0.25, 0.3) is 5.69 Å². The first-order chi connectivity index (χ1) is 10.2. The lowest BCUT2D eigenvalue weighted by Crippen LogP contribution is -2.09. The van der Waals surface area contributed by atoms with Gasteiger partial charge in [-0.25, -0.2) is 4.68 Å². The summed E-state index contributed by atoms with van der Waals surface area (Å²) in [4.78, 5) is 0. The highest BCUT2D eigenvalue weighted by Crippen LogP contribution is 2.30. The minimum atomic E-state index is -0.802. The van der Waals surface area contributed by atoms with Crippen LogP contribution in [0.3, 0.4) is 0 Å². The molecule has 1 aromatic heterocycles. The molecule has 0 aliphatic rings. The van der Waals surface area contributed by atoms with Crippen molar-refractivity contribution in [3.63, 3.8) is 0 Å². The number of rotatable bonds is 3. The molecule has 21 heavy (non-hydrogen) atoms. The molecule has 1 N–H and O–H groups in total. The van der Waals surface area contributed by atoms with E-state index in [4.69, 9.17) is 0 Å². The van der Waals surface area contributed by atoms with E-state index < -0.39 is 6.10 Å². The summed E-state index contributed by atoms with van der Waals surface area (Å²) in [6.07, 6.45) is 0.786. The van der Waals surface area contributed by atoms with Gasteiger partial charge in [-0.05, 0) is 52.9 Å². The average Bonchev–Trinajstić information content (AvgIpc) is 2.99. The van der Waals surface area contributed by atoms with Crippen LogP contribution in [0.4, 0.5) is 0 Å². The standard InChI is InChI=1S/C15H11BrIN3O/c16-13-7-6-10(17)8-12(13)15(21)14-9-18-19-20(14)11-4-2-1-3-5-11/h1-9,15,21H. The van der Waals surface area contributed by atoms with E-state index in [2.05, 4.69) is 48.8 Å². The Morgan fingerprint density at radius 1 is 1.14 bits per heavy atom. The monoisotopic (exact) mass is 455 g/mol. The molecule has 3 rings (SSSR count). The molecule has 0 aliphatic heterocycles. The molecular weight excluding hydrogens is 445 g/mol. The lowest BCUT2D eigenvalue weighted by Gasteiger charge is -2.14. The van der Waals surface area contributed by atoms with Gasteiger partial charge in [-0.3, -0.25) is 0 Å². The lowest BCUT2D eigenvalue weighted by molar-refractivity contribution is 0.211. The molecule has 6 heteroatoms. The molecule has 1 atom stereocenters. The van der Waals surface area contributed by atoms with Crippen molar-refractivity contribution in [1.82, 2.24) is 15.0 Å². The van der Waals surface area contributed by atoms with Crippen molar-refractivity contribution < 1.29 is 5.11 Å². The molecule has 0 spiro atoms. The lowest BCUT2D eigenvalue weighted by atomic mass is 10.1. The van der Waals surface area contributed by atoms with Gasteiger partial charge >= 0.3 is 0 Å². The largest absolute Gasteiger partial charge is 0.382 e. The fraction of sp³-hybridized carbons (Fsp3) is 0.0667. The van der Waals surface area contributed by atoms with Crippen molar-refractivity contribution in [2.45, 2.75) is 6.10 Å². The Bertz CT molecular complexity index is 761. The maximum absolute atomic E-state index is 10.7. The summed E-state index contributed by atoms with van der Waals surface area (Å²) in [6.45, 7) is 0.